The van der Waals surface area contributed by atoms with E-state index >= 15 is 0 Å². The lowest BCUT2D eigenvalue weighted by molar-refractivity contribution is 0.559. The number of hydrogen-bond donors (Lipinski definition) is 0. The van der Waals surface area contributed by atoms with Gasteiger partial charge in [0.05, 0.1) is 18.9 Å². The van der Waals surface area contributed by atoms with Gasteiger partial charge in [0.1, 0.15) is 11.4 Å². The molecular weight excluding hydrogens is 324 g/mol. The van der Waals surface area contributed by atoms with E-state index in [0.717, 1.165) is 30.8 Å². The first-order valence-electron chi connectivity index (χ1n) is 8.75. The maximum Gasteiger partial charge on any atom is 0.134 e. The van der Waals surface area contributed by atoms with Crippen molar-refractivity contribution in [3.05, 3.63) is 84.2 Å². The van der Waals surface area contributed by atoms with Crippen LogP contribution in [-0.4, -0.2) is 30.0 Å². The summed E-state index contributed by atoms with van der Waals surface area (Å²) in [5.74, 6) is 0. The number of aryl methyl sites for hydroxylation is 2. The zero-order valence-corrected chi connectivity index (χ0v) is 14.4. The molecule has 0 aliphatic heterocycles. The second-order valence-electron chi connectivity index (χ2n) is 6.24. The second-order valence-corrected chi connectivity index (χ2v) is 6.24. The van der Waals surface area contributed by atoms with Gasteiger partial charge in [-0.1, -0.05) is 71.1 Å². The van der Waals surface area contributed by atoms with Crippen LogP contribution in [0.25, 0.3) is 11.4 Å². The quantitative estimate of drug-likeness (QED) is 0.516. The van der Waals surface area contributed by atoms with Crippen molar-refractivity contribution in [2.75, 3.05) is 0 Å². The summed E-state index contributed by atoms with van der Waals surface area (Å²) in [5.41, 5.74) is 4.03. The molecular formula is C20H20N6. The van der Waals surface area contributed by atoms with Crippen LogP contribution in [0.2, 0.25) is 0 Å². The molecule has 0 N–H and O–H groups in total. The predicted octanol–water partition coefficient (Wildman–Crippen LogP) is 3.22. The summed E-state index contributed by atoms with van der Waals surface area (Å²) < 4.78 is 3.69. The highest BCUT2D eigenvalue weighted by molar-refractivity contribution is 5.49. The van der Waals surface area contributed by atoms with E-state index in [1.54, 1.807) is 0 Å². The van der Waals surface area contributed by atoms with Crippen LogP contribution >= 0.6 is 0 Å². The molecule has 6 heteroatoms. The van der Waals surface area contributed by atoms with Gasteiger partial charge in [-0.15, -0.1) is 10.2 Å². The smallest absolute Gasteiger partial charge is 0.134 e. The van der Waals surface area contributed by atoms with Crippen molar-refractivity contribution in [1.29, 1.82) is 0 Å². The van der Waals surface area contributed by atoms with Crippen LogP contribution in [0.15, 0.2) is 73.1 Å². The summed E-state index contributed by atoms with van der Waals surface area (Å²) in [4.78, 5) is 0. The molecule has 0 atom stereocenters. The van der Waals surface area contributed by atoms with Gasteiger partial charge in [0.15, 0.2) is 0 Å². The average Bonchev–Trinajstić information content (AvgIpc) is 3.33. The van der Waals surface area contributed by atoms with E-state index in [0.29, 0.717) is 6.54 Å². The maximum absolute atomic E-state index is 4.23. The molecule has 0 saturated carbocycles. The molecule has 2 heterocycles. The first-order valence-corrected chi connectivity index (χ1v) is 8.75. The number of rotatable bonds is 7. The van der Waals surface area contributed by atoms with Crippen LogP contribution in [-0.2, 0) is 19.5 Å². The van der Waals surface area contributed by atoms with Crippen LogP contribution in [0.4, 0.5) is 0 Å². The summed E-state index contributed by atoms with van der Waals surface area (Å²) in [6.45, 7) is 1.53. The number of benzene rings is 2. The van der Waals surface area contributed by atoms with Gasteiger partial charge in [-0.25, -0.2) is 4.68 Å². The minimum Gasteiger partial charge on any atom is -0.252 e. The van der Waals surface area contributed by atoms with E-state index in [-0.39, 0.29) is 0 Å². The fourth-order valence-corrected chi connectivity index (χ4v) is 2.88. The van der Waals surface area contributed by atoms with Crippen LogP contribution in [0.1, 0.15) is 17.5 Å². The van der Waals surface area contributed by atoms with Gasteiger partial charge in [-0.2, -0.15) is 0 Å². The monoisotopic (exact) mass is 344 g/mol. The Labute approximate surface area is 152 Å². The van der Waals surface area contributed by atoms with Crippen LogP contribution < -0.4 is 0 Å². The highest BCUT2D eigenvalue weighted by atomic mass is 15.4. The van der Waals surface area contributed by atoms with Gasteiger partial charge in [0, 0.05) is 6.54 Å². The molecule has 0 aliphatic carbocycles. The van der Waals surface area contributed by atoms with Gasteiger partial charge in [-0.3, -0.25) is 4.68 Å². The summed E-state index contributed by atoms with van der Waals surface area (Å²) >= 11 is 0. The molecule has 0 radical (unpaired) electrons. The normalized spacial score (nSPS) is 10.9. The van der Waals surface area contributed by atoms with E-state index < -0.39 is 0 Å². The van der Waals surface area contributed by atoms with E-state index in [2.05, 4.69) is 57.0 Å². The standard InChI is InChI=1S/C20H20N6/c1-3-8-17(9-4-1)12-7-13-25-15-19(21-23-25)20-16-26(24-22-20)14-18-10-5-2-6-11-18/h1-6,8-11,15-16H,7,12-14H2. The van der Waals surface area contributed by atoms with Gasteiger partial charge in [0.2, 0.25) is 0 Å². The van der Waals surface area contributed by atoms with Crippen LogP contribution in [0.3, 0.4) is 0 Å². The molecule has 0 aliphatic rings. The predicted molar refractivity (Wildman–Crippen MR) is 99.3 cm³/mol. The largest absolute Gasteiger partial charge is 0.252 e. The van der Waals surface area contributed by atoms with Crippen molar-refractivity contribution in [1.82, 2.24) is 30.0 Å². The van der Waals surface area contributed by atoms with Crippen LogP contribution in [0.5, 0.6) is 0 Å². The minimum absolute atomic E-state index is 0.694. The van der Waals surface area contributed by atoms with Crippen molar-refractivity contribution in [2.24, 2.45) is 0 Å². The molecule has 4 rings (SSSR count). The number of aromatic nitrogens is 6. The Bertz CT molecular complexity index is 943. The molecule has 0 spiro atoms. The average molecular weight is 344 g/mol. The lowest BCUT2D eigenvalue weighted by Gasteiger charge is -2.01. The molecule has 130 valence electrons. The Hall–Kier alpha value is -3.28. The third-order valence-electron chi connectivity index (χ3n) is 4.22. The molecule has 4 aromatic rings. The summed E-state index contributed by atoms with van der Waals surface area (Å²) in [7, 11) is 0. The Kier molecular flexibility index (Phi) is 4.82. The highest BCUT2D eigenvalue weighted by Gasteiger charge is 2.09. The van der Waals surface area contributed by atoms with Gasteiger partial charge >= 0.3 is 0 Å². The lowest BCUT2D eigenvalue weighted by atomic mass is 10.1. The molecule has 2 aromatic carbocycles. The Morgan fingerprint density at radius 3 is 1.92 bits per heavy atom. The third-order valence-corrected chi connectivity index (χ3v) is 4.22. The van der Waals surface area contributed by atoms with Crippen molar-refractivity contribution < 1.29 is 0 Å². The summed E-state index contributed by atoms with van der Waals surface area (Å²) in [6.07, 6.45) is 5.89. The molecule has 0 saturated heterocycles. The first kappa shape index (κ1) is 16.2. The minimum atomic E-state index is 0.694. The zero-order valence-electron chi connectivity index (χ0n) is 14.4. The Balaban J connectivity index is 1.35. The SMILES string of the molecule is c1ccc(CCCn2cc(-c3cn(Cc4ccccc4)nn3)nn2)cc1. The van der Waals surface area contributed by atoms with Crippen molar-refractivity contribution in [3.63, 3.8) is 0 Å². The number of hydrogen-bond acceptors (Lipinski definition) is 4. The summed E-state index contributed by atoms with van der Waals surface area (Å²) in [6, 6.07) is 20.7. The Morgan fingerprint density at radius 1 is 0.654 bits per heavy atom. The van der Waals surface area contributed by atoms with Crippen molar-refractivity contribution >= 4 is 0 Å². The van der Waals surface area contributed by atoms with Gasteiger partial charge < -0.3 is 0 Å². The zero-order chi connectivity index (χ0) is 17.6. The fourth-order valence-electron chi connectivity index (χ4n) is 2.88. The molecule has 2 aromatic heterocycles. The second kappa shape index (κ2) is 7.74. The molecule has 0 fully saturated rings. The fraction of sp³-hybridized carbons (Fsp3) is 0.200. The molecule has 6 nitrogen and oxygen atoms in total. The van der Waals surface area contributed by atoms with Crippen molar-refractivity contribution in [3.8, 4) is 11.4 Å². The first-order chi connectivity index (χ1) is 12.9. The van der Waals surface area contributed by atoms with E-state index in [9.17, 15) is 0 Å². The van der Waals surface area contributed by atoms with E-state index in [1.165, 1.54) is 11.1 Å². The lowest BCUT2D eigenvalue weighted by Crippen LogP contribution is -2.00. The van der Waals surface area contributed by atoms with E-state index in [1.807, 2.05) is 46.0 Å². The number of nitrogens with zero attached hydrogens (tertiary/aromatic N) is 6. The highest BCUT2D eigenvalue weighted by Crippen LogP contribution is 2.13. The van der Waals surface area contributed by atoms with Gasteiger partial charge in [0.25, 0.3) is 0 Å². The summed E-state index contributed by atoms with van der Waals surface area (Å²) in [5, 5.41) is 16.8. The van der Waals surface area contributed by atoms with Crippen LogP contribution in [0, 0.1) is 0 Å². The third kappa shape index (κ3) is 4.03. The van der Waals surface area contributed by atoms with E-state index in [4.69, 9.17) is 0 Å². The Morgan fingerprint density at radius 2 is 1.23 bits per heavy atom. The topological polar surface area (TPSA) is 61.4 Å². The molecule has 0 bridgehead atoms. The maximum atomic E-state index is 4.23. The molecule has 0 unspecified atom stereocenters. The van der Waals surface area contributed by atoms with Gasteiger partial charge in [-0.05, 0) is 24.0 Å². The molecule has 26 heavy (non-hydrogen) atoms. The van der Waals surface area contributed by atoms with Crippen molar-refractivity contribution in [2.45, 2.75) is 25.9 Å². The molecule has 0 amide bonds.